The monoisotopic (exact) mass is 201 g/mol. The van der Waals surface area contributed by atoms with E-state index in [4.69, 9.17) is 10.8 Å². The first-order chi connectivity index (χ1) is 5.52. The Hall–Kier alpha value is -0.810. The van der Waals surface area contributed by atoms with Gasteiger partial charge in [0, 0.05) is 9.79 Å². The van der Waals surface area contributed by atoms with Crippen LogP contribution in [0.2, 0.25) is 0 Å². The minimum absolute atomic E-state index is 0.0347. The average Bonchev–Trinajstić information content (AvgIpc) is 1.96. The number of anilines is 1. The Balaban J connectivity index is 3.37. The third-order valence-corrected chi connectivity index (χ3v) is 2.00. The number of nitrogen functional groups attached to an aromatic ring is 1. The maximum absolute atomic E-state index is 10.6. The summed E-state index contributed by atoms with van der Waals surface area (Å²) in [7, 11) is 0. The van der Waals surface area contributed by atoms with Gasteiger partial charge in [-0.25, -0.2) is 4.79 Å². The summed E-state index contributed by atoms with van der Waals surface area (Å²) in [6.07, 6.45) is 0. The first-order valence-electron chi connectivity index (χ1n) is 3.07. The molecule has 0 saturated heterocycles. The largest absolute Gasteiger partial charge is 0.478 e. The van der Waals surface area contributed by atoms with Crippen LogP contribution in [0.3, 0.4) is 0 Å². The van der Waals surface area contributed by atoms with Crippen LogP contribution in [0.1, 0.15) is 10.4 Å². The minimum atomic E-state index is -1.07. The molecule has 1 aromatic rings. The van der Waals surface area contributed by atoms with E-state index in [0.29, 0.717) is 9.79 Å². The predicted octanol–water partition coefficient (Wildman–Crippen LogP) is 1.54. The van der Waals surface area contributed by atoms with Gasteiger partial charge in [0.05, 0.1) is 11.3 Å². The van der Waals surface area contributed by atoms with Gasteiger partial charge >= 0.3 is 5.97 Å². The molecule has 0 radical (unpaired) electrons. The Labute approximate surface area is 80.4 Å². The molecule has 5 heteroatoms. The van der Waals surface area contributed by atoms with Crippen LogP contribution in [-0.4, -0.2) is 11.1 Å². The lowest BCUT2D eigenvalue weighted by Crippen LogP contribution is -2.03. The number of nitrogens with two attached hydrogens (primary N) is 1. The van der Waals surface area contributed by atoms with E-state index in [1.165, 1.54) is 6.07 Å². The summed E-state index contributed by atoms with van der Waals surface area (Å²) in [5.41, 5.74) is 5.67. The highest BCUT2D eigenvalue weighted by molar-refractivity contribution is 7.81. The molecular formula is C7H7NO2S2. The van der Waals surface area contributed by atoms with Crippen molar-refractivity contribution in [3.63, 3.8) is 0 Å². The number of rotatable bonds is 1. The molecule has 0 amide bonds. The molecule has 0 spiro atoms. The Morgan fingerprint density at radius 1 is 1.42 bits per heavy atom. The number of carboxylic acids is 1. The van der Waals surface area contributed by atoms with Crippen LogP contribution in [0.15, 0.2) is 21.9 Å². The fourth-order valence-electron chi connectivity index (χ4n) is 0.800. The van der Waals surface area contributed by atoms with Crippen molar-refractivity contribution < 1.29 is 9.90 Å². The highest BCUT2D eigenvalue weighted by atomic mass is 32.1. The lowest BCUT2D eigenvalue weighted by molar-refractivity contribution is 0.0697. The van der Waals surface area contributed by atoms with E-state index in [1.807, 2.05) is 0 Å². The molecule has 0 aromatic heterocycles. The third-order valence-electron chi connectivity index (χ3n) is 1.37. The summed E-state index contributed by atoms with van der Waals surface area (Å²) in [5, 5.41) is 8.67. The maximum Gasteiger partial charge on any atom is 0.337 e. The molecule has 0 aliphatic rings. The molecule has 3 N–H and O–H groups in total. The van der Waals surface area contributed by atoms with E-state index in [9.17, 15) is 4.79 Å². The van der Waals surface area contributed by atoms with Gasteiger partial charge in [-0.2, -0.15) is 0 Å². The highest BCUT2D eigenvalue weighted by Gasteiger charge is 2.10. The van der Waals surface area contributed by atoms with Crippen LogP contribution in [0.4, 0.5) is 5.69 Å². The molecule has 64 valence electrons. The average molecular weight is 201 g/mol. The van der Waals surface area contributed by atoms with Crippen molar-refractivity contribution in [1.29, 1.82) is 0 Å². The summed E-state index contributed by atoms with van der Waals surface area (Å²) in [5.74, 6) is -1.07. The van der Waals surface area contributed by atoms with Gasteiger partial charge in [0.1, 0.15) is 0 Å². The van der Waals surface area contributed by atoms with Crippen molar-refractivity contribution in [3.05, 3.63) is 17.7 Å². The minimum Gasteiger partial charge on any atom is -0.478 e. The van der Waals surface area contributed by atoms with Crippen molar-refractivity contribution in [1.82, 2.24) is 0 Å². The molecule has 0 atom stereocenters. The van der Waals surface area contributed by atoms with Gasteiger partial charge in [-0.1, -0.05) is 0 Å². The van der Waals surface area contributed by atoms with Crippen LogP contribution >= 0.6 is 25.3 Å². The summed E-state index contributed by atoms with van der Waals surface area (Å²) >= 11 is 7.99. The van der Waals surface area contributed by atoms with E-state index < -0.39 is 5.97 Å². The number of thiol groups is 2. The second-order valence-electron chi connectivity index (χ2n) is 2.23. The van der Waals surface area contributed by atoms with Crippen LogP contribution in [0.5, 0.6) is 0 Å². The van der Waals surface area contributed by atoms with E-state index in [0.717, 1.165) is 0 Å². The van der Waals surface area contributed by atoms with Gasteiger partial charge in [-0.3, -0.25) is 0 Å². The first-order valence-corrected chi connectivity index (χ1v) is 3.96. The molecule has 0 unspecified atom stereocenters. The number of carbonyl (C=O) groups is 1. The molecular weight excluding hydrogens is 194 g/mol. The molecule has 0 aliphatic heterocycles. The topological polar surface area (TPSA) is 63.3 Å². The normalized spacial score (nSPS) is 9.83. The zero-order chi connectivity index (χ0) is 9.30. The Kier molecular flexibility index (Phi) is 2.54. The lowest BCUT2D eigenvalue weighted by atomic mass is 10.2. The molecule has 0 fully saturated rings. The maximum atomic E-state index is 10.6. The predicted molar refractivity (Wildman–Crippen MR) is 52.3 cm³/mol. The lowest BCUT2D eigenvalue weighted by Gasteiger charge is -2.04. The zero-order valence-corrected chi connectivity index (χ0v) is 7.77. The number of hydrogen-bond acceptors (Lipinski definition) is 4. The van der Waals surface area contributed by atoms with E-state index in [2.05, 4.69) is 25.3 Å². The molecule has 0 aliphatic carbocycles. The Bertz CT molecular complexity index is 338. The van der Waals surface area contributed by atoms with Crippen LogP contribution in [-0.2, 0) is 0 Å². The van der Waals surface area contributed by atoms with E-state index >= 15 is 0 Å². The standard InChI is InChI=1S/C7H7NO2S2/c8-6-4(7(9)10)1-3(11)2-5(6)12/h1-2,11-12H,8H2,(H,9,10). The van der Waals surface area contributed by atoms with Crippen molar-refractivity contribution in [3.8, 4) is 0 Å². The molecule has 12 heavy (non-hydrogen) atoms. The fourth-order valence-corrected chi connectivity index (χ4v) is 1.42. The van der Waals surface area contributed by atoms with Gasteiger partial charge in [-0.15, -0.1) is 25.3 Å². The first kappa shape index (κ1) is 9.28. The van der Waals surface area contributed by atoms with Crippen molar-refractivity contribution in [2.24, 2.45) is 0 Å². The van der Waals surface area contributed by atoms with Crippen molar-refractivity contribution in [2.75, 3.05) is 5.73 Å². The molecule has 0 saturated carbocycles. The second-order valence-corrected chi connectivity index (χ2v) is 3.23. The van der Waals surface area contributed by atoms with Gasteiger partial charge < -0.3 is 10.8 Å². The smallest absolute Gasteiger partial charge is 0.337 e. The highest BCUT2D eigenvalue weighted by Crippen LogP contribution is 2.24. The number of aromatic carboxylic acids is 1. The second kappa shape index (κ2) is 3.28. The number of carboxylic acid groups (broad SMARTS) is 1. The molecule has 1 aromatic carbocycles. The van der Waals surface area contributed by atoms with Crippen LogP contribution in [0, 0.1) is 0 Å². The summed E-state index contributed by atoms with van der Waals surface area (Å²) in [6, 6.07) is 2.98. The summed E-state index contributed by atoms with van der Waals surface area (Å²) in [4.78, 5) is 11.5. The molecule has 0 heterocycles. The summed E-state index contributed by atoms with van der Waals surface area (Å²) < 4.78 is 0. The SMILES string of the molecule is Nc1c(S)cc(S)cc1C(=O)O. The summed E-state index contributed by atoms with van der Waals surface area (Å²) in [6.45, 7) is 0. The van der Waals surface area contributed by atoms with E-state index in [1.54, 1.807) is 6.07 Å². The Morgan fingerprint density at radius 2 is 2.00 bits per heavy atom. The van der Waals surface area contributed by atoms with Crippen molar-refractivity contribution >= 4 is 36.9 Å². The molecule has 1 rings (SSSR count). The molecule has 0 bridgehead atoms. The van der Waals surface area contributed by atoms with E-state index in [-0.39, 0.29) is 11.3 Å². The number of benzene rings is 1. The number of hydrogen-bond donors (Lipinski definition) is 4. The fraction of sp³-hybridized carbons (Fsp3) is 0. The van der Waals surface area contributed by atoms with Gasteiger partial charge in [0.15, 0.2) is 0 Å². The van der Waals surface area contributed by atoms with Crippen LogP contribution < -0.4 is 5.73 Å². The quantitative estimate of drug-likeness (QED) is 0.412. The van der Waals surface area contributed by atoms with Gasteiger partial charge in [0.25, 0.3) is 0 Å². The molecule has 3 nitrogen and oxygen atoms in total. The van der Waals surface area contributed by atoms with Gasteiger partial charge in [0.2, 0.25) is 0 Å². The van der Waals surface area contributed by atoms with Gasteiger partial charge in [-0.05, 0) is 12.1 Å². The third kappa shape index (κ3) is 1.67. The Morgan fingerprint density at radius 3 is 2.50 bits per heavy atom. The van der Waals surface area contributed by atoms with Crippen LogP contribution in [0.25, 0.3) is 0 Å². The zero-order valence-electron chi connectivity index (χ0n) is 5.98. The van der Waals surface area contributed by atoms with Crippen molar-refractivity contribution in [2.45, 2.75) is 9.79 Å².